The molecule has 114 valence electrons. The third-order valence-electron chi connectivity index (χ3n) is 3.69. The van der Waals surface area contributed by atoms with Crippen LogP contribution in [-0.4, -0.2) is 42.3 Å². The van der Waals surface area contributed by atoms with Gasteiger partial charge in [-0.25, -0.2) is 9.18 Å². The van der Waals surface area contributed by atoms with Gasteiger partial charge in [-0.3, -0.25) is 4.79 Å². The van der Waals surface area contributed by atoms with Crippen molar-refractivity contribution in [3.8, 4) is 0 Å². The molecule has 0 atom stereocenters. The molecule has 0 spiro atoms. The van der Waals surface area contributed by atoms with Crippen molar-refractivity contribution in [2.45, 2.75) is 26.8 Å². The van der Waals surface area contributed by atoms with E-state index in [-0.39, 0.29) is 11.6 Å². The van der Waals surface area contributed by atoms with Gasteiger partial charge in [-0.1, -0.05) is 13.8 Å². The van der Waals surface area contributed by atoms with Crippen molar-refractivity contribution in [1.29, 1.82) is 0 Å². The molecule has 0 aromatic heterocycles. The van der Waals surface area contributed by atoms with E-state index in [9.17, 15) is 14.0 Å². The maximum absolute atomic E-state index is 13.6. The Hall–Kier alpha value is -1.91. The summed E-state index contributed by atoms with van der Waals surface area (Å²) in [4.78, 5) is 26.7. The summed E-state index contributed by atoms with van der Waals surface area (Å²) >= 11 is 0. The van der Waals surface area contributed by atoms with E-state index >= 15 is 0 Å². The fraction of sp³-hybridized carbons (Fsp3) is 0.500. The lowest BCUT2D eigenvalue weighted by Crippen LogP contribution is -2.44. The highest BCUT2D eigenvalue weighted by atomic mass is 19.1. The van der Waals surface area contributed by atoms with E-state index in [0.29, 0.717) is 38.3 Å². The fourth-order valence-corrected chi connectivity index (χ4v) is 2.72. The van der Waals surface area contributed by atoms with E-state index in [1.165, 1.54) is 6.07 Å². The van der Waals surface area contributed by atoms with E-state index in [2.05, 4.69) is 13.8 Å². The first-order valence-corrected chi connectivity index (χ1v) is 7.19. The Morgan fingerprint density at radius 3 is 2.76 bits per heavy atom. The Morgan fingerprint density at radius 2 is 2.14 bits per heavy atom. The first kappa shape index (κ1) is 15.5. The van der Waals surface area contributed by atoms with Crippen LogP contribution in [0.5, 0.6) is 0 Å². The number of carbonyl (C=O) groups is 2. The number of urea groups is 1. The van der Waals surface area contributed by atoms with Crippen LogP contribution in [0.15, 0.2) is 12.1 Å². The van der Waals surface area contributed by atoms with Crippen LogP contribution >= 0.6 is 0 Å². The number of benzene rings is 1. The van der Waals surface area contributed by atoms with Crippen LogP contribution in [0.1, 0.15) is 35.3 Å². The van der Waals surface area contributed by atoms with Crippen LogP contribution < -0.4 is 0 Å². The third kappa shape index (κ3) is 3.40. The van der Waals surface area contributed by atoms with E-state index in [1.807, 2.05) is 0 Å². The van der Waals surface area contributed by atoms with Gasteiger partial charge in [0, 0.05) is 26.7 Å². The summed E-state index contributed by atoms with van der Waals surface area (Å²) in [5.41, 5.74) is 1.79. The highest BCUT2D eigenvalue weighted by Gasteiger charge is 2.24. The van der Waals surface area contributed by atoms with Crippen LogP contribution in [0.4, 0.5) is 9.18 Å². The molecule has 0 unspecified atom stereocenters. The SMILES string of the molecule is CC(C)CN(C)C(=O)N1CCc2cc(F)c(C=O)cc2C1. The van der Waals surface area contributed by atoms with Crippen molar-refractivity contribution in [2.75, 3.05) is 20.1 Å². The third-order valence-corrected chi connectivity index (χ3v) is 3.69. The predicted molar refractivity (Wildman–Crippen MR) is 78.8 cm³/mol. The van der Waals surface area contributed by atoms with Gasteiger partial charge in [0.15, 0.2) is 6.29 Å². The number of rotatable bonds is 3. The number of aldehydes is 1. The van der Waals surface area contributed by atoms with Crippen LogP contribution in [0.2, 0.25) is 0 Å². The molecule has 0 aliphatic carbocycles. The highest BCUT2D eigenvalue weighted by molar-refractivity contribution is 5.77. The summed E-state index contributed by atoms with van der Waals surface area (Å²) in [6.07, 6.45) is 1.13. The zero-order valence-electron chi connectivity index (χ0n) is 12.7. The van der Waals surface area contributed by atoms with Gasteiger partial charge in [0.2, 0.25) is 0 Å². The minimum absolute atomic E-state index is 0.0219. The molecule has 1 aromatic rings. The molecular formula is C16H21FN2O2. The molecule has 1 heterocycles. The van der Waals surface area contributed by atoms with Crippen molar-refractivity contribution in [2.24, 2.45) is 5.92 Å². The summed E-state index contributed by atoms with van der Waals surface area (Å²) in [6, 6.07) is 2.95. The first-order valence-electron chi connectivity index (χ1n) is 7.19. The Morgan fingerprint density at radius 1 is 1.43 bits per heavy atom. The van der Waals surface area contributed by atoms with Crippen LogP contribution in [-0.2, 0) is 13.0 Å². The van der Waals surface area contributed by atoms with Crippen molar-refractivity contribution < 1.29 is 14.0 Å². The molecule has 5 heteroatoms. The molecule has 0 N–H and O–H groups in total. The molecule has 0 saturated heterocycles. The first-order chi connectivity index (χ1) is 9.92. The van der Waals surface area contributed by atoms with Crippen LogP contribution in [0, 0.1) is 11.7 Å². The van der Waals surface area contributed by atoms with Gasteiger partial charge in [-0.05, 0) is 35.6 Å². The molecule has 2 rings (SSSR count). The summed E-state index contributed by atoms with van der Waals surface area (Å²) in [5, 5.41) is 0. The lowest BCUT2D eigenvalue weighted by molar-refractivity contribution is 0.111. The fourth-order valence-electron chi connectivity index (χ4n) is 2.72. The number of carbonyl (C=O) groups excluding carboxylic acids is 2. The van der Waals surface area contributed by atoms with E-state index in [1.54, 1.807) is 22.9 Å². The largest absolute Gasteiger partial charge is 0.327 e. The zero-order valence-corrected chi connectivity index (χ0v) is 12.7. The smallest absolute Gasteiger partial charge is 0.320 e. The average Bonchev–Trinajstić information content (AvgIpc) is 2.44. The van der Waals surface area contributed by atoms with Crippen molar-refractivity contribution in [1.82, 2.24) is 9.80 Å². The number of hydrogen-bond donors (Lipinski definition) is 0. The van der Waals surface area contributed by atoms with Gasteiger partial charge in [0.05, 0.1) is 5.56 Å². The van der Waals surface area contributed by atoms with Crippen molar-refractivity contribution >= 4 is 12.3 Å². The van der Waals surface area contributed by atoms with E-state index in [0.717, 1.165) is 11.1 Å². The van der Waals surface area contributed by atoms with Gasteiger partial charge in [-0.15, -0.1) is 0 Å². The molecule has 0 bridgehead atoms. The summed E-state index contributed by atoms with van der Waals surface area (Å²) in [5.74, 6) is -0.0766. The number of fused-ring (bicyclic) bond motifs is 1. The average molecular weight is 292 g/mol. The minimum atomic E-state index is -0.486. The Bertz CT molecular complexity index is 557. The quantitative estimate of drug-likeness (QED) is 0.804. The Kier molecular flexibility index (Phi) is 4.60. The number of hydrogen-bond acceptors (Lipinski definition) is 2. The topological polar surface area (TPSA) is 40.6 Å². The van der Waals surface area contributed by atoms with Crippen molar-refractivity contribution in [3.05, 3.63) is 34.6 Å². The molecular weight excluding hydrogens is 271 g/mol. The number of nitrogens with zero attached hydrogens (tertiary/aromatic N) is 2. The standard InChI is InChI=1S/C16H21FN2O2/c1-11(2)8-18(3)16(21)19-5-4-12-7-15(17)14(10-20)6-13(12)9-19/h6-7,10-11H,4-5,8-9H2,1-3H3. The predicted octanol–water partition coefficient (Wildman–Crippen LogP) is 2.70. The number of halogens is 1. The lowest BCUT2D eigenvalue weighted by atomic mass is 9.97. The number of amides is 2. The molecule has 1 aliphatic rings. The van der Waals surface area contributed by atoms with Gasteiger partial charge in [-0.2, -0.15) is 0 Å². The molecule has 1 aromatic carbocycles. The van der Waals surface area contributed by atoms with Gasteiger partial charge < -0.3 is 9.80 Å². The zero-order chi connectivity index (χ0) is 15.6. The molecule has 4 nitrogen and oxygen atoms in total. The monoisotopic (exact) mass is 292 g/mol. The minimum Gasteiger partial charge on any atom is -0.327 e. The highest BCUT2D eigenvalue weighted by Crippen LogP contribution is 2.23. The second-order valence-corrected chi connectivity index (χ2v) is 5.99. The maximum atomic E-state index is 13.6. The molecule has 2 amide bonds. The Balaban J connectivity index is 2.15. The van der Waals surface area contributed by atoms with Gasteiger partial charge >= 0.3 is 6.03 Å². The van der Waals surface area contributed by atoms with Crippen molar-refractivity contribution in [3.63, 3.8) is 0 Å². The van der Waals surface area contributed by atoms with E-state index < -0.39 is 5.82 Å². The van der Waals surface area contributed by atoms with E-state index in [4.69, 9.17) is 0 Å². The summed E-state index contributed by atoms with van der Waals surface area (Å²) < 4.78 is 13.6. The summed E-state index contributed by atoms with van der Waals surface area (Å²) in [7, 11) is 1.79. The molecule has 21 heavy (non-hydrogen) atoms. The van der Waals surface area contributed by atoms with Gasteiger partial charge in [0.25, 0.3) is 0 Å². The van der Waals surface area contributed by atoms with Crippen LogP contribution in [0.3, 0.4) is 0 Å². The molecule has 0 saturated carbocycles. The lowest BCUT2D eigenvalue weighted by Gasteiger charge is -2.33. The van der Waals surface area contributed by atoms with Gasteiger partial charge in [0.1, 0.15) is 5.82 Å². The maximum Gasteiger partial charge on any atom is 0.320 e. The second-order valence-electron chi connectivity index (χ2n) is 5.99. The summed E-state index contributed by atoms with van der Waals surface area (Å²) in [6.45, 7) is 5.83. The molecule has 0 fully saturated rings. The second kappa shape index (κ2) is 6.24. The Labute approximate surface area is 124 Å². The van der Waals surface area contributed by atoms with Crippen LogP contribution in [0.25, 0.3) is 0 Å². The molecule has 0 radical (unpaired) electrons. The molecule has 1 aliphatic heterocycles. The normalized spacial score (nSPS) is 14.0.